The molecule has 0 radical (unpaired) electrons. The molecule has 0 aromatic heterocycles. The van der Waals surface area contributed by atoms with E-state index in [0.717, 1.165) is 34.0 Å². The van der Waals surface area contributed by atoms with Crippen LogP contribution < -0.4 is 10.1 Å². The fraction of sp³-hybridized carbons (Fsp3) is 0.222. The van der Waals surface area contributed by atoms with Gasteiger partial charge in [0.25, 0.3) is 5.91 Å². The van der Waals surface area contributed by atoms with E-state index in [2.05, 4.69) is 21.2 Å². The van der Waals surface area contributed by atoms with Crippen LogP contribution in [0.15, 0.2) is 40.9 Å². The summed E-state index contributed by atoms with van der Waals surface area (Å²) in [5.41, 5.74) is 3.47. The van der Waals surface area contributed by atoms with Crippen LogP contribution in [0.5, 0.6) is 5.75 Å². The molecule has 120 valence electrons. The summed E-state index contributed by atoms with van der Waals surface area (Å²) in [5.74, 6) is 0.332. The monoisotopic (exact) mass is 375 g/mol. The van der Waals surface area contributed by atoms with Crippen LogP contribution in [-0.4, -0.2) is 18.8 Å². The number of nitrogens with one attached hydrogen (secondary N) is 1. The summed E-state index contributed by atoms with van der Waals surface area (Å²) >= 11 is 3.46. The van der Waals surface area contributed by atoms with Crippen LogP contribution in [0.2, 0.25) is 0 Å². The van der Waals surface area contributed by atoms with E-state index < -0.39 is 0 Å². The van der Waals surface area contributed by atoms with E-state index in [1.54, 1.807) is 24.3 Å². The first-order valence-electron chi connectivity index (χ1n) is 7.30. The molecular formula is C18H18BrNO3. The Morgan fingerprint density at radius 2 is 1.96 bits per heavy atom. The fourth-order valence-corrected chi connectivity index (χ4v) is 2.86. The molecule has 0 bridgehead atoms. The number of ether oxygens (including phenoxy) is 1. The van der Waals surface area contributed by atoms with Crippen molar-refractivity contribution in [2.24, 2.45) is 0 Å². The minimum atomic E-state index is -0.218. The zero-order valence-electron chi connectivity index (χ0n) is 13.1. The Balaban J connectivity index is 2.00. The van der Waals surface area contributed by atoms with Crippen molar-refractivity contribution in [2.45, 2.75) is 20.3 Å². The van der Waals surface area contributed by atoms with Crippen LogP contribution in [0.3, 0.4) is 0 Å². The zero-order chi connectivity index (χ0) is 16.8. The molecule has 0 spiro atoms. The van der Waals surface area contributed by atoms with Gasteiger partial charge in [-0.1, -0.05) is 22.9 Å². The van der Waals surface area contributed by atoms with Crippen molar-refractivity contribution in [3.05, 3.63) is 57.6 Å². The molecule has 0 saturated carbocycles. The number of benzene rings is 2. The second-order valence-electron chi connectivity index (χ2n) is 5.13. The van der Waals surface area contributed by atoms with Crippen molar-refractivity contribution < 1.29 is 14.3 Å². The summed E-state index contributed by atoms with van der Waals surface area (Å²) in [6.07, 6.45) is 1.59. The highest BCUT2D eigenvalue weighted by Crippen LogP contribution is 2.26. The molecule has 0 aliphatic rings. The molecule has 0 fully saturated rings. The Labute approximate surface area is 144 Å². The lowest BCUT2D eigenvalue weighted by molar-refractivity contribution is -0.118. The lowest BCUT2D eigenvalue weighted by Gasteiger charge is -2.14. The molecule has 4 nitrogen and oxygen atoms in total. The van der Waals surface area contributed by atoms with Gasteiger partial charge in [-0.2, -0.15) is 0 Å². The Morgan fingerprint density at radius 3 is 2.57 bits per heavy atom. The molecule has 2 rings (SSSR count). The number of aldehydes is 1. The van der Waals surface area contributed by atoms with Crippen LogP contribution in [0.25, 0.3) is 0 Å². The number of anilines is 1. The standard InChI is InChI=1S/C18H18BrNO3/c1-3-14-9-15(19)8-12(2)18(14)20-17(22)11-23-16-6-4-13(10-21)5-7-16/h4-10H,3,11H2,1-2H3,(H,20,22). The van der Waals surface area contributed by atoms with E-state index in [4.69, 9.17) is 4.74 Å². The van der Waals surface area contributed by atoms with Gasteiger partial charge in [-0.05, 0) is 60.9 Å². The van der Waals surface area contributed by atoms with Gasteiger partial charge in [0, 0.05) is 15.7 Å². The first-order valence-corrected chi connectivity index (χ1v) is 8.09. The molecule has 0 saturated heterocycles. The molecule has 0 aliphatic heterocycles. The molecule has 0 atom stereocenters. The summed E-state index contributed by atoms with van der Waals surface area (Å²) < 4.78 is 6.44. The number of amides is 1. The molecule has 1 amide bonds. The molecule has 0 unspecified atom stereocenters. The summed E-state index contributed by atoms with van der Waals surface area (Å²) in [4.78, 5) is 22.7. The topological polar surface area (TPSA) is 55.4 Å². The number of hydrogen-bond acceptors (Lipinski definition) is 3. The van der Waals surface area contributed by atoms with E-state index >= 15 is 0 Å². The van der Waals surface area contributed by atoms with Crippen molar-refractivity contribution in [1.82, 2.24) is 0 Å². The summed E-state index contributed by atoms with van der Waals surface area (Å²) in [6.45, 7) is 3.92. The first kappa shape index (κ1) is 17.2. The van der Waals surface area contributed by atoms with E-state index in [1.165, 1.54) is 0 Å². The minimum Gasteiger partial charge on any atom is -0.484 e. The zero-order valence-corrected chi connectivity index (χ0v) is 14.6. The van der Waals surface area contributed by atoms with Crippen LogP contribution in [0.4, 0.5) is 5.69 Å². The molecule has 2 aromatic rings. The largest absolute Gasteiger partial charge is 0.484 e. The number of carbonyl (C=O) groups excluding carboxylic acids is 2. The molecule has 23 heavy (non-hydrogen) atoms. The van der Waals surface area contributed by atoms with E-state index in [0.29, 0.717) is 11.3 Å². The Bertz CT molecular complexity index is 711. The van der Waals surface area contributed by atoms with Gasteiger partial charge in [0.2, 0.25) is 0 Å². The number of halogens is 1. The summed E-state index contributed by atoms with van der Waals surface area (Å²) in [6, 6.07) is 10.6. The normalized spacial score (nSPS) is 10.2. The van der Waals surface area contributed by atoms with Gasteiger partial charge < -0.3 is 10.1 Å². The Morgan fingerprint density at radius 1 is 1.26 bits per heavy atom. The smallest absolute Gasteiger partial charge is 0.262 e. The Hall–Kier alpha value is -2.14. The summed E-state index contributed by atoms with van der Waals surface area (Å²) in [5, 5.41) is 2.91. The van der Waals surface area contributed by atoms with Gasteiger partial charge >= 0.3 is 0 Å². The van der Waals surface area contributed by atoms with Crippen LogP contribution in [0.1, 0.15) is 28.4 Å². The number of hydrogen-bond donors (Lipinski definition) is 1. The van der Waals surface area contributed by atoms with Crippen molar-refractivity contribution in [3.8, 4) is 5.75 Å². The second kappa shape index (κ2) is 7.92. The number of carbonyl (C=O) groups is 2. The SMILES string of the molecule is CCc1cc(Br)cc(C)c1NC(=O)COc1ccc(C=O)cc1. The van der Waals surface area contributed by atoms with Gasteiger partial charge in [-0.25, -0.2) is 0 Å². The lowest BCUT2D eigenvalue weighted by atomic mass is 10.1. The predicted molar refractivity (Wildman–Crippen MR) is 94.2 cm³/mol. The summed E-state index contributed by atoms with van der Waals surface area (Å²) in [7, 11) is 0. The van der Waals surface area contributed by atoms with Crippen molar-refractivity contribution in [1.29, 1.82) is 0 Å². The maximum absolute atomic E-state index is 12.1. The number of rotatable bonds is 6. The van der Waals surface area contributed by atoms with Crippen molar-refractivity contribution >= 4 is 33.8 Å². The fourth-order valence-electron chi connectivity index (χ4n) is 2.24. The Kier molecular flexibility index (Phi) is 5.93. The van der Waals surface area contributed by atoms with Gasteiger partial charge in [-0.15, -0.1) is 0 Å². The van der Waals surface area contributed by atoms with Gasteiger partial charge in [0.05, 0.1) is 0 Å². The quantitative estimate of drug-likeness (QED) is 0.771. The molecule has 5 heteroatoms. The highest BCUT2D eigenvalue weighted by atomic mass is 79.9. The molecule has 1 N–H and O–H groups in total. The first-order chi connectivity index (χ1) is 11.0. The average Bonchev–Trinajstić information content (AvgIpc) is 2.55. The van der Waals surface area contributed by atoms with E-state index in [1.807, 2.05) is 26.0 Å². The highest BCUT2D eigenvalue weighted by molar-refractivity contribution is 9.10. The molecule has 0 aliphatic carbocycles. The van der Waals surface area contributed by atoms with Crippen LogP contribution >= 0.6 is 15.9 Å². The van der Waals surface area contributed by atoms with Crippen LogP contribution in [0, 0.1) is 6.92 Å². The third-order valence-electron chi connectivity index (χ3n) is 3.41. The predicted octanol–water partition coefficient (Wildman–Crippen LogP) is 4.15. The van der Waals surface area contributed by atoms with Gasteiger partial charge in [0.1, 0.15) is 12.0 Å². The van der Waals surface area contributed by atoms with Gasteiger partial charge in [-0.3, -0.25) is 9.59 Å². The van der Waals surface area contributed by atoms with Crippen molar-refractivity contribution in [2.75, 3.05) is 11.9 Å². The maximum Gasteiger partial charge on any atom is 0.262 e. The van der Waals surface area contributed by atoms with Gasteiger partial charge in [0.15, 0.2) is 6.61 Å². The molecule has 0 heterocycles. The van der Waals surface area contributed by atoms with Crippen LogP contribution in [-0.2, 0) is 11.2 Å². The third-order valence-corrected chi connectivity index (χ3v) is 3.87. The maximum atomic E-state index is 12.1. The molecule has 2 aromatic carbocycles. The third kappa shape index (κ3) is 4.66. The molecular weight excluding hydrogens is 358 g/mol. The van der Waals surface area contributed by atoms with Crippen molar-refractivity contribution in [3.63, 3.8) is 0 Å². The highest BCUT2D eigenvalue weighted by Gasteiger charge is 2.10. The number of aryl methyl sites for hydroxylation is 2. The lowest BCUT2D eigenvalue weighted by Crippen LogP contribution is -2.21. The second-order valence-corrected chi connectivity index (χ2v) is 6.05. The van der Waals surface area contributed by atoms with E-state index in [-0.39, 0.29) is 12.5 Å². The average molecular weight is 376 g/mol. The van der Waals surface area contributed by atoms with E-state index in [9.17, 15) is 9.59 Å². The minimum absolute atomic E-state index is 0.0842.